The van der Waals surface area contributed by atoms with Gasteiger partial charge in [0.15, 0.2) is 0 Å². The molecule has 5 heterocycles. The Hall–Kier alpha value is -7.36. The van der Waals surface area contributed by atoms with Gasteiger partial charge in [0.1, 0.15) is 11.5 Å². The van der Waals surface area contributed by atoms with Crippen LogP contribution in [0.15, 0.2) is 164 Å². The molecule has 5 aromatic carbocycles. The second-order valence-corrected chi connectivity index (χ2v) is 14.5. The number of ether oxygens (including phenoxy) is 1. The molecule has 0 spiro atoms. The van der Waals surface area contributed by atoms with E-state index in [9.17, 15) is 5.26 Å². The molecule has 55 heavy (non-hydrogen) atoms. The Balaban J connectivity index is 1.06. The lowest BCUT2D eigenvalue weighted by atomic mass is 9.75. The molecular weight excluding hydrogens is 675 g/mol. The lowest BCUT2D eigenvalue weighted by Gasteiger charge is -2.35. The van der Waals surface area contributed by atoms with Gasteiger partial charge >= 0.3 is 0 Å². The van der Waals surface area contributed by atoms with Crippen molar-refractivity contribution in [3.8, 4) is 68.3 Å². The van der Waals surface area contributed by atoms with Crippen molar-refractivity contribution in [3.63, 3.8) is 0 Å². The minimum absolute atomic E-state index is 0.294. The number of nitrogens with zero attached hydrogens (tertiary/aromatic N) is 5. The molecule has 0 fully saturated rings. The molecule has 260 valence electrons. The molecular formula is C49H33N5O. The lowest BCUT2D eigenvalue weighted by Crippen LogP contribution is -2.24. The molecule has 4 aromatic heterocycles. The van der Waals surface area contributed by atoms with Crippen LogP contribution in [0.2, 0.25) is 0 Å². The zero-order valence-corrected chi connectivity index (χ0v) is 30.2. The van der Waals surface area contributed by atoms with Crippen molar-refractivity contribution in [2.75, 3.05) is 0 Å². The highest BCUT2D eigenvalue weighted by Gasteiger charge is 2.34. The predicted molar refractivity (Wildman–Crippen MR) is 219 cm³/mol. The smallest absolute Gasteiger partial charge is 0.132 e. The molecule has 0 aliphatic carbocycles. The maximum absolute atomic E-state index is 9.77. The summed E-state index contributed by atoms with van der Waals surface area (Å²) in [6, 6.07) is 54.2. The summed E-state index contributed by atoms with van der Waals surface area (Å²) in [6.07, 6.45) is 3.58. The van der Waals surface area contributed by atoms with E-state index in [1.807, 2.05) is 60.7 Å². The molecule has 0 saturated carbocycles. The van der Waals surface area contributed by atoms with Gasteiger partial charge in [-0.1, -0.05) is 74.5 Å². The fourth-order valence-electron chi connectivity index (χ4n) is 7.98. The SMILES string of the molecule is CC1(C)c2ccc(-c3cc(-c4ccccn4)nc(-c4ccccn4)c3)cc2Oc2cc(-c3ccc4c(c3)c3cc(C#N)ccc3n4-c3ccccc3)ccc21. The third-order valence-corrected chi connectivity index (χ3v) is 10.8. The van der Waals surface area contributed by atoms with Gasteiger partial charge in [0.25, 0.3) is 0 Å². The van der Waals surface area contributed by atoms with Gasteiger partial charge in [-0.15, -0.1) is 0 Å². The molecule has 10 rings (SSSR count). The molecule has 0 bridgehead atoms. The Morgan fingerprint density at radius 1 is 0.527 bits per heavy atom. The molecule has 6 nitrogen and oxygen atoms in total. The highest BCUT2D eigenvalue weighted by Crippen LogP contribution is 2.50. The molecule has 0 N–H and O–H groups in total. The molecule has 1 aliphatic rings. The summed E-state index contributed by atoms with van der Waals surface area (Å²) in [6.45, 7) is 4.52. The first-order valence-corrected chi connectivity index (χ1v) is 18.3. The summed E-state index contributed by atoms with van der Waals surface area (Å²) in [7, 11) is 0. The minimum Gasteiger partial charge on any atom is -0.457 e. The van der Waals surface area contributed by atoms with Crippen LogP contribution in [-0.4, -0.2) is 19.5 Å². The number of pyridine rings is 3. The number of benzene rings is 5. The van der Waals surface area contributed by atoms with Gasteiger partial charge < -0.3 is 9.30 Å². The Morgan fingerprint density at radius 3 is 1.67 bits per heavy atom. The number of fused-ring (bicyclic) bond motifs is 5. The van der Waals surface area contributed by atoms with E-state index in [0.29, 0.717) is 5.56 Å². The van der Waals surface area contributed by atoms with Crippen LogP contribution < -0.4 is 4.74 Å². The summed E-state index contributed by atoms with van der Waals surface area (Å²) in [4.78, 5) is 14.2. The Morgan fingerprint density at radius 2 is 1.07 bits per heavy atom. The summed E-state index contributed by atoms with van der Waals surface area (Å²) in [5, 5.41) is 11.9. The van der Waals surface area contributed by atoms with Gasteiger partial charge in [0.2, 0.25) is 0 Å². The number of aromatic nitrogens is 4. The Labute approximate surface area is 318 Å². The first-order valence-electron chi connectivity index (χ1n) is 18.3. The fourth-order valence-corrected chi connectivity index (χ4v) is 7.98. The summed E-state index contributed by atoms with van der Waals surface area (Å²) in [5.74, 6) is 1.66. The predicted octanol–water partition coefficient (Wildman–Crippen LogP) is 11.9. The van der Waals surface area contributed by atoms with E-state index >= 15 is 0 Å². The van der Waals surface area contributed by atoms with Crippen LogP contribution in [0.5, 0.6) is 11.5 Å². The van der Waals surface area contributed by atoms with E-state index in [4.69, 9.17) is 9.72 Å². The summed E-state index contributed by atoms with van der Waals surface area (Å²) in [5.41, 5.74) is 13.1. The van der Waals surface area contributed by atoms with Crippen LogP contribution in [-0.2, 0) is 5.41 Å². The molecule has 6 heteroatoms. The van der Waals surface area contributed by atoms with Crippen molar-refractivity contribution in [2.24, 2.45) is 0 Å². The first kappa shape index (κ1) is 32.3. The quantitative estimate of drug-likeness (QED) is 0.178. The first-order chi connectivity index (χ1) is 26.9. The average molecular weight is 708 g/mol. The van der Waals surface area contributed by atoms with E-state index in [1.165, 1.54) is 0 Å². The molecule has 0 radical (unpaired) electrons. The van der Waals surface area contributed by atoms with Gasteiger partial charge in [-0.2, -0.15) is 5.26 Å². The zero-order chi connectivity index (χ0) is 37.1. The van der Waals surface area contributed by atoms with Crippen molar-refractivity contribution in [2.45, 2.75) is 19.3 Å². The number of hydrogen-bond donors (Lipinski definition) is 0. The van der Waals surface area contributed by atoms with Crippen molar-refractivity contribution in [1.29, 1.82) is 5.26 Å². The standard InChI is InChI=1S/C49H33N5O/c1-49(2)39-18-15-33(32-17-21-46-38(25-32)37-24-31(30-50)14-20-45(37)54(46)36-10-4-3-5-11-36)28-47(39)55-48-29-34(16-19-40(48)49)35-26-43(41-12-6-8-22-51-41)53-44(27-35)42-13-7-9-23-52-42/h3-29H,1-2H3. The van der Waals surface area contributed by atoms with Crippen LogP contribution >= 0.6 is 0 Å². The molecule has 0 unspecified atom stereocenters. The Bertz CT molecular complexity index is 2920. The van der Waals surface area contributed by atoms with Crippen molar-refractivity contribution in [1.82, 2.24) is 19.5 Å². The Kier molecular flexibility index (Phi) is 7.43. The van der Waals surface area contributed by atoms with Gasteiger partial charge in [-0.3, -0.25) is 9.97 Å². The van der Waals surface area contributed by atoms with E-state index < -0.39 is 0 Å². The largest absolute Gasteiger partial charge is 0.457 e. The van der Waals surface area contributed by atoms with E-state index in [2.05, 4.69) is 125 Å². The fraction of sp³-hybridized carbons (Fsp3) is 0.0612. The third kappa shape index (κ3) is 5.45. The van der Waals surface area contributed by atoms with Gasteiger partial charge in [0, 0.05) is 45.4 Å². The molecule has 0 saturated heterocycles. The lowest BCUT2D eigenvalue weighted by molar-refractivity contribution is 0.418. The van der Waals surface area contributed by atoms with Crippen LogP contribution in [0.1, 0.15) is 30.5 Å². The topological polar surface area (TPSA) is 76.6 Å². The second-order valence-electron chi connectivity index (χ2n) is 14.5. The van der Waals surface area contributed by atoms with E-state index in [1.54, 1.807) is 12.4 Å². The average Bonchev–Trinajstić information content (AvgIpc) is 3.57. The monoisotopic (exact) mass is 707 g/mol. The maximum Gasteiger partial charge on any atom is 0.132 e. The molecule has 9 aromatic rings. The van der Waals surface area contributed by atoms with E-state index in [-0.39, 0.29) is 5.41 Å². The van der Waals surface area contributed by atoms with Gasteiger partial charge in [0.05, 0.1) is 45.4 Å². The van der Waals surface area contributed by atoms with Gasteiger partial charge in [-0.25, -0.2) is 4.98 Å². The van der Waals surface area contributed by atoms with E-state index in [0.717, 1.165) is 95.1 Å². The highest BCUT2D eigenvalue weighted by molar-refractivity contribution is 6.11. The highest BCUT2D eigenvalue weighted by atomic mass is 16.5. The number of para-hydroxylation sites is 1. The minimum atomic E-state index is -0.294. The molecule has 0 atom stereocenters. The van der Waals surface area contributed by atoms with Crippen LogP contribution in [0.4, 0.5) is 0 Å². The van der Waals surface area contributed by atoms with Gasteiger partial charge in [-0.05, 0) is 113 Å². The van der Waals surface area contributed by atoms with Crippen LogP contribution in [0, 0.1) is 11.3 Å². The molecule has 1 aliphatic heterocycles. The maximum atomic E-state index is 9.77. The van der Waals surface area contributed by atoms with Crippen molar-refractivity contribution < 1.29 is 4.74 Å². The summed E-state index contributed by atoms with van der Waals surface area (Å²) >= 11 is 0. The number of rotatable bonds is 5. The van der Waals surface area contributed by atoms with Crippen molar-refractivity contribution in [3.05, 3.63) is 181 Å². The third-order valence-electron chi connectivity index (χ3n) is 10.8. The zero-order valence-electron chi connectivity index (χ0n) is 30.2. The summed E-state index contributed by atoms with van der Waals surface area (Å²) < 4.78 is 9.10. The number of nitriles is 1. The van der Waals surface area contributed by atoms with Crippen LogP contribution in [0.3, 0.4) is 0 Å². The molecule has 0 amide bonds. The number of hydrogen-bond acceptors (Lipinski definition) is 5. The van der Waals surface area contributed by atoms with Crippen LogP contribution in [0.25, 0.3) is 72.5 Å². The second kappa shape index (κ2) is 12.6. The van der Waals surface area contributed by atoms with Crippen molar-refractivity contribution >= 4 is 21.8 Å². The normalized spacial score (nSPS) is 12.8.